The van der Waals surface area contributed by atoms with Crippen LogP contribution in [0.2, 0.25) is 0 Å². The number of nitrogens with zero attached hydrogens (tertiary/aromatic N) is 1. The molecule has 1 rings (SSSR count). The molecule has 0 unspecified atom stereocenters. The molecule has 0 atom stereocenters. The van der Waals surface area contributed by atoms with E-state index in [0.29, 0.717) is 11.3 Å². The number of benzene rings is 1. The molecule has 78 valence electrons. The highest BCUT2D eigenvalue weighted by Gasteiger charge is 2.10. The molecule has 0 amide bonds. The Morgan fingerprint density at radius 2 is 2.27 bits per heavy atom. The van der Waals surface area contributed by atoms with E-state index in [2.05, 4.69) is 0 Å². The van der Waals surface area contributed by atoms with E-state index in [0.717, 1.165) is 0 Å². The molecule has 15 heavy (non-hydrogen) atoms. The number of carbonyl (C=O) groups is 1. The number of aromatic hydroxyl groups is 1. The maximum absolute atomic E-state index is 11.0. The summed E-state index contributed by atoms with van der Waals surface area (Å²) < 4.78 is 5.00. The zero-order valence-electron chi connectivity index (χ0n) is 8.57. The van der Waals surface area contributed by atoms with Crippen molar-refractivity contribution >= 4 is 5.78 Å². The molecule has 0 saturated heterocycles. The molecule has 0 aliphatic rings. The van der Waals surface area contributed by atoms with Crippen molar-refractivity contribution in [2.45, 2.75) is 13.3 Å². The first-order valence-corrected chi connectivity index (χ1v) is 4.38. The highest BCUT2D eigenvalue weighted by molar-refractivity contribution is 5.79. The van der Waals surface area contributed by atoms with E-state index in [9.17, 15) is 9.90 Å². The number of ketones is 1. The standard InChI is InChI=1S/C11H11NO3/c1-7(13)3-8-4-9(6-12)10(14)5-11(8)15-2/h4-5,14H,3H2,1-2H3. The van der Waals surface area contributed by atoms with Crippen molar-refractivity contribution < 1.29 is 14.6 Å². The van der Waals surface area contributed by atoms with Gasteiger partial charge in [-0.3, -0.25) is 4.79 Å². The number of nitriles is 1. The molecule has 0 saturated carbocycles. The fourth-order valence-electron chi connectivity index (χ4n) is 1.30. The molecule has 1 N–H and O–H groups in total. The zero-order chi connectivity index (χ0) is 11.4. The number of ether oxygens (including phenoxy) is 1. The summed E-state index contributed by atoms with van der Waals surface area (Å²) in [6.45, 7) is 1.46. The Hall–Kier alpha value is -2.02. The van der Waals surface area contributed by atoms with Crippen molar-refractivity contribution in [3.63, 3.8) is 0 Å². The third kappa shape index (κ3) is 2.47. The summed E-state index contributed by atoms with van der Waals surface area (Å²) in [5.74, 6) is 0.256. The molecule has 4 heteroatoms. The van der Waals surface area contributed by atoms with E-state index in [-0.39, 0.29) is 23.5 Å². The van der Waals surface area contributed by atoms with Crippen LogP contribution in [0.5, 0.6) is 11.5 Å². The molecule has 0 spiro atoms. The summed E-state index contributed by atoms with van der Waals surface area (Å²) >= 11 is 0. The summed E-state index contributed by atoms with van der Waals surface area (Å²) in [6, 6.07) is 4.66. The maximum Gasteiger partial charge on any atom is 0.137 e. The Morgan fingerprint density at radius 1 is 1.60 bits per heavy atom. The van der Waals surface area contributed by atoms with Gasteiger partial charge in [0.15, 0.2) is 0 Å². The number of rotatable bonds is 3. The summed E-state index contributed by atoms with van der Waals surface area (Å²) in [7, 11) is 1.45. The first-order valence-electron chi connectivity index (χ1n) is 4.38. The molecule has 0 aromatic heterocycles. The van der Waals surface area contributed by atoms with Gasteiger partial charge in [-0.2, -0.15) is 5.26 Å². The van der Waals surface area contributed by atoms with Crippen LogP contribution in [0.1, 0.15) is 18.1 Å². The first-order chi connectivity index (χ1) is 7.08. The lowest BCUT2D eigenvalue weighted by molar-refractivity contribution is -0.116. The van der Waals surface area contributed by atoms with Gasteiger partial charge in [0.25, 0.3) is 0 Å². The fourth-order valence-corrected chi connectivity index (χ4v) is 1.30. The Morgan fingerprint density at radius 3 is 2.73 bits per heavy atom. The van der Waals surface area contributed by atoms with Gasteiger partial charge in [-0.1, -0.05) is 0 Å². The van der Waals surface area contributed by atoms with Gasteiger partial charge in [-0.25, -0.2) is 0 Å². The maximum atomic E-state index is 11.0. The lowest BCUT2D eigenvalue weighted by atomic mass is 10.0. The normalized spacial score (nSPS) is 9.40. The summed E-state index contributed by atoms with van der Waals surface area (Å²) in [5.41, 5.74) is 0.756. The van der Waals surface area contributed by atoms with Crippen molar-refractivity contribution in [1.82, 2.24) is 0 Å². The van der Waals surface area contributed by atoms with Crippen molar-refractivity contribution in [2.24, 2.45) is 0 Å². The predicted molar refractivity (Wildman–Crippen MR) is 53.8 cm³/mol. The van der Waals surface area contributed by atoms with E-state index >= 15 is 0 Å². The fraction of sp³-hybridized carbons (Fsp3) is 0.273. The molecular weight excluding hydrogens is 194 g/mol. The van der Waals surface area contributed by atoms with E-state index in [1.54, 1.807) is 0 Å². The third-order valence-electron chi connectivity index (χ3n) is 1.96. The Kier molecular flexibility index (Phi) is 3.29. The number of carbonyl (C=O) groups excluding carboxylic acids is 1. The van der Waals surface area contributed by atoms with Gasteiger partial charge in [0.1, 0.15) is 23.4 Å². The van der Waals surface area contributed by atoms with Crippen molar-refractivity contribution in [3.8, 4) is 17.6 Å². The van der Waals surface area contributed by atoms with E-state index in [1.807, 2.05) is 6.07 Å². The third-order valence-corrected chi connectivity index (χ3v) is 1.96. The zero-order valence-corrected chi connectivity index (χ0v) is 8.57. The number of hydrogen-bond donors (Lipinski definition) is 1. The summed E-state index contributed by atoms with van der Waals surface area (Å²) in [5, 5.41) is 18.1. The Bertz CT molecular complexity index is 432. The number of phenolic OH excluding ortho intramolecular Hbond substituents is 1. The monoisotopic (exact) mass is 205 g/mol. The molecule has 0 radical (unpaired) electrons. The van der Waals surface area contributed by atoms with E-state index in [1.165, 1.54) is 26.2 Å². The van der Waals surface area contributed by atoms with Crippen molar-refractivity contribution in [3.05, 3.63) is 23.3 Å². The lowest BCUT2D eigenvalue weighted by Gasteiger charge is -2.08. The van der Waals surface area contributed by atoms with Gasteiger partial charge in [0.2, 0.25) is 0 Å². The van der Waals surface area contributed by atoms with E-state index in [4.69, 9.17) is 10.00 Å². The minimum absolute atomic E-state index is 0.0251. The van der Waals surface area contributed by atoms with Gasteiger partial charge >= 0.3 is 0 Å². The van der Waals surface area contributed by atoms with Crippen LogP contribution in [0.4, 0.5) is 0 Å². The van der Waals surface area contributed by atoms with Crippen LogP contribution in [0.3, 0.4) is 0 Å². The van der Waals surface area contributed by atoms with Gasteiger partial charge in [0.05, 0.1) is 12.7 Å². The van der Waals surface area contributed by atoms with Gasteiger partial charge in [0, 0.05) is 18.1 Å². The molecule has 1 aromatic carbocycles. The average Bonchev–Trinajstić information content (AvgIpc) is 2.19. The average molecular weight is 205 g/mol. The highest BCUT2D eigenvalue weighted by atomic mass is 16.5. The van der Waals surface area contributed by atoms with Gasteiger partial charge in [-0.05, 0) is 13.0 Å². The smallest absolute Gasteiger partial charge is 0.137 e. The molecule has 0 aliphatic carbocycles. The Balaban J connectivity index is 3.23. The number of methoxy groups -OCH3 is 1. The predicted octanol–water partition coefficient (Wildman–Crippen LogP) is 1.40. The Labute approximate surface area is 87.7 Å². The van der Waals surface area contributed by atoms with Crippen LogP contribution < -0.4 is 4.74 Å². The molecule has 1 aromatic rings. The van der Waals surface area contributed by atoms with Crippen LogP contribution in [0.15, 0.2) is 12.1 Å². The second-order valence-electron chi connectivity index (χ2n) is 3.17. The molecular formula is C11H11NO3. The SMILES string of the molecule is COc1cc(O)c(C#N)cc1CC(C)=O. The minimum atomic E-state index is -0.137. The molecule has 0 fully saturated rings. The van der Waals surface area contributed by atoms with Crippen LogP contribution in [0, 0.1) is 11.3 Å². The van der Waals surface area contributed by atoms with Crippen molar-refractivity contribution in [1.29, 1.82) is 5.26 Å². The quantitative estimate of drug-likeness (QED) is 0.809. The second-order valence-corrected chi connectivity index (χ2v) is 3.17. The van der Waals surface area contributed by atoms with Crippen LogP contribution >= 0.6 is 0 Å². The first kappa shape index (κ1) is 11.1. The largest absolute Gasteiger partial charge is 0.506 e. The topological polar surface area (TPSA) is 70.3 Å². The molecule has 4 nitrogen and oxygen atoms in total. The highest BCUT2D eigenvalue weighted by Crippen LogP contribution is 2.28. The minimum Gasteiger partial charge on any atom is -0.506 e. The van der Waals surface area contributed by atoms with Crippen LogP contribution in [-0.2, 0) is 11.2 Å². The summed E-state index contributed by atoms with van der Waals surface area (Å²) in [6.07, 6.45) is 0.193. The molecule has 0 heterocycles. The van der Waals surface area contributed by atoms with Crippen LogP contribution in [-0.4, -0.2) is 18.0 Å². The van der Waals surface area contributed by atoms with Crippen molar-refractivity contribution in [2.75, 3.05) is 7.11 Å². The van der Waals surface area contributed by atoms with Gasteiger partial charge in [-0.15, -0.1) is 0 Å². The number of phenols is 1. The second kappa shape index (κ2) is 4.47. The lowest BCUT2D eigenvalue weighted by Crippen LogP contribution is -2.00. The summed E-state index contributed by atoms with van der Waals surface area (Å²) in [4.78, 5) is 11.0. The van der Waals surface area contributed by atoms with Crippen LogP contribution in [0.25, 0.3) is 0 Å². The molecule has 0 aliphatic heterocycles. The molecule has 0 bridgehead atoms. The number of hydrogen-bond acceptors (Lipinski definition) is 4. The van der Waals surface area contributed by atoms with E-state index < -0.39 is 0 Å². The number of Topliss-reactive ketones (excluding diaryl/α,β-unsaturated/α-hetero) is 1. The van der Waals surface area contributed by atoms with Gasteiger partial charge < -0.3 is 9.84 Å².